The van der Waals surface area contributed by atoms with Crippen LogP contribution in [0.3, 0.4) is 0 Å². The first kappa shape index (κ1) is 9.34. The first-order chi connectivity index (χ1) is 6.24. The predicted octanol–water partition coefficient (Wildman–Crippen LogP) is 1.92. The average molecular weight is 174 g/mol. The minimum absolute atomic E-state index is 0.287. The van der Waals surface area contributed by atoms with Crippen LogP contribution in [0.5, 0.6) is 0 Å². The maximum absolute atomic E-state index is 10.7. The van der Waals surface area contributed by atoms with E-state index in [4.69, 9.17) is 11.2 Å². The molecule has 2 nitrogen and oxygen atoms in total. The molecule has 0 aliphatic heterocycles. The molecule has 13 heavy (non-hydrogen) atoms. The fraction of sp³-hybridized carbons (Fsp3) is 0.182. The SMILES string of the molecule is C#CC(=O)O[C@@H](C)c1ccccc1. The molecule has 0 N–H and O–H groups in total. The summed E-state index contributed by atoms with van der Waals surface area (Å²) < 4.78 is 4.91. The van der Waals surface area contributed by atoms with Gasteiger partial charge in [-0.3, -0.25) is 0 Å². The second-order valence-electron chi connectivity index (χ2n) is 2.60. The fourth-order valence-corrected chi connectivity index (χ4v) is 0.987. The number of hydrogen-bond acceptors (Lipinski definition) is 2. The van der Waals surface area contributed by atoms with Gasteiger partial charge in [-0.25, -0.2) is 4.79 Å². The van der Waals surface area contributed by atoms with Gasteiger partial charge in [-0.15, -0.1) is 6.42 Å². The third-order valence-electron chi connectivity index (χ3n) is 1.67. The van der Waals surface area contributed by atoms with Crippen LogP contribution in [0.4, 0.5) is 0 Å². The summed E-state index contributed by atoms with van der Waals surface area (Å²) in [5, 5.41) is 0. The van der Waals surface area contributed by atoms with Gasteiger partial charge in [0.05, 0.1) is 0 Å². The molecule has 1 atom stereocenters. The summed E-state index contributed by atoms with van der Waals surface area (Å²) in [7, 11) is 0. The van der Waals surface area contributed by atoms with Gasteiger partial charge in [0, 0.05) is 5.92 Å². The van der Waals surface area contributed by atoms with Crippen molar-refractivity contribution in [3.8, 4) is 12.3 Å². The van der Waals surface area contributed by atoms with Crippen molar-refractivity contribution in [1.82, 2.24) is 0 Å². The molecular formula is C11H10O2. The Morgan fingerprint density at radius 2 is 2.08 bits per heavy atom. The van der Waals surface area contributed by atoms with Gasteiger partial charge in [-0.2, -0.15) is 0 Å². The second kappa shape index (κ2) is 4.32. The van der Waals surface area contributed by atoms with E-state index < -0.39 is 5.97 Å². The van der Waals surface area contributed by atoms with Gasteiger partial charge in [0.25, 0.3) is 0 Å². The molecule has 0 saturated heterocycles. The number of rotatable bonds is 2. The summed E-state index contributed by atoms with van der Waals surface area (Å²) in [6, 6.07) is 9.44. The standard InChI is InChI=1S/C11H10O2/c1-3-11(12)13-9(2)10-7-5-4-6-8-10/h1,4-9H,2H3/t9-/m0/s1. The Morgan fingerprint density at radius 1 is 1.46 bits per heavy atom. The minimum atomic E-state index is -0.628. The van der Waals surface area contributed by atoms with Crippen LogP contribution in [0.2, 0.25) is 0 Å². The molecule has 0 aliphatic rings. The van der Waals surface area contributed by atoms with Crippen LogP contribution in [0.1, 0.15) is 18.6 Å². The minimum Gasteiger partial charge on any atom is -0.448 e. The summed E-state index contributed by atoms with van der Waals surface area (Å²) in [5.41, 5.74) is 0.936. The predicted molar refractivity (Wildman–Crippen MR) is 49.8 cm³/mol. The van der Waals surface area contributed by atoms with Crippen molar-refractivity contribution in [2.75, 3.05) is 0 Å². The third kappa shape index (κ3) is 2.64. The van der Waals surface area contributed by atoms with E-state index in [-0.39, 0.29) is 6.10 Å². The maximum atomic E-state index is 10.7. The summed E-state index contributed by atoms with van der Waals surface area (Å²) in [6.45, 7) is 1.78. The molecule has 0 spiro atoms. The number of ether oxygens (including phenoxy) is 1. The van der Waals surface area contributed by atoms with Gasteiger partial charge in [0.1, 0.15) is 6.10 Å². The van der Waals surface area contributed by atoms with E-state index in [1.807, 2.05) is 36.3 Å². The van der Waals surface area contributed by atoms with Crippen LogP contribution in [0.25, 0.3) is 0 Å². The summed E-state index contributed by atoms with van der Waals surface area (Å²) in [6.07, 6.45) is 4.59. The topological polar surface area (TPSA) is 26.3 Å². The quantitative estimate of drug-likeness (QED) is 0.389. The van der Waals surface area contributed by atoms with Crippen molar-refractivity contribution in [1.29, 1.82) is 0 Å². The molecule has 2 heteroatoms. The highest BCUT2D eigenvalue weighted by molar-refractivity contribution is 5.87. The van der Waals surface area contributed by atoms with E-state index in [2.05, 4.69) is 0 Å². The van der Waals surface area contributed by atoms with Gasteiger partial charge < -0.3 is 4.74 Å². The molecular weight excluding hydrogens is 164 g/mol. The van der Waals surface area contributed by atoms with Crippen LogP contribution in [-0.2, 0) is 9.53 Å². The van der Waals surface area contributed by atoms with Crippen molar-refractivity contribution >= 4 is 5.97 Å². The lowest BCUT2D eigenvalue weighted by molar-refractivity contribution is -0.141. The average Bonchev–Trinajstić information content (AvgIpc) is 2.19. The van der Waals surface area contributed by atoms with Gasteiger partial charge in [0.2, 0.25) is 0 Å². The first-order valence-corrected chi connectivity index (χ1v) is 3.96. The van der Waals surface area contributed by atoms with Crippen LogP contribution in [-0.4, -0.2) is 5.97 Å². The smallest absolute Gasteiger partial charge is 0.384 e. The number of hydrogen-bond donors (Lipinski definition) is 0. The number of carbonyl (C=O) groups excluding carboxylic acids is 1. The highest BCUT2D eigenvalue weighted by Gasteiger charge is 2.08. The number of benzene rings is 1. The lowest BCUT2D eigenvalue weighted by atomic mass is 10.1. The van der Waals surface area contributed by atoms with E-state index in [0.29, 0.717) is 0 Å². The van der Waals surface area contributed by atoms with Crippen molar-refractivity contribution < 1.29 is 9.53 Å². The Balaban J connectivity index is 2.65. The molecule has 1 aromatic rings. The van der Waals surface area contributed by atoms with Crippen molar-refractivity contribution in [2.24, 2.45) is 0 Å². The second-order valence-corrected chi connectivity index (χ2v) is 2.60. The molecule has 0 fully saturated rings. The lowest BCUT2D eigenvalue weighted by Crippen LogP contribution is -2.05. The maximum Gasteiger partial charge on any atom is 0.384 e. The van der Waals surface area contributed by atoms with Crippen molar-refractivity contribution in [2.45, 2.75) is 13.0 Å². The van der Waals surface area contributed by atoms with E-state index >= 15 is 0 Å². The molecule has 1 rings (SSSR count). The van der Waals surface area contributed by atoms with Gasteiger partial charge in [-0.1, -0.05) is 30.3 Å². The Kier molecular flexibility index (Phi) is 3.10. The van der Waals surface area contributed by atoms with Gasteiger partial charge in [0.15, 0.2) is 0 Å². The van der Waals surface area contributed by atoms with Crippen LogP contribution in [0.15, 0.2) is 30.3 Å². The molecule has 66 valence electrons. The van der Waals surface area contributed by atoms with E-state index in [1.54, 1.807) is 6.92 Å². The molecule has 1 aromatic carbocycles. The summed E-state index contributed by atoms with van der Waals surface area (Å²) in [5.74, 6) is 1.28. The van der Waals surface area contributed by atoms with E-state index in [0.717, 1.165) is 5.56 Å². The number of carbonyl (C=O) groups is 1. The van der Waals surface area contributed by atoms with Crippen molar-refractivity contribution in [3.05, 3.63) is 35.9 Å². The number of terminal acetylenes is 1. The van der Waals surface area contributed by atoms with E-state index in [1.165, 1.54) is 0 Å². The molecule has 0 radical (unpaired) electrons. The monoisotopic (exact) mass is 174 g/mol. The van der Waals surface area contributed by atoms with Gasteiger partial charge in [-0.05, 0) is 12.5 Å². The van der Waals surface area contributed by atoms with Crippen LogP contribution >= 0.6 is 0 Å². The Bertz CT molecular complexity index is 322. The largest absolute Gasteiger partial charge is 0.448 e. The molecule has 0 saturated carbocycles. The van der Waals surface area contributed by atoms with Gasteiger partial charge >= 0.3 is 5.97 Å². The van der Waals surface area contributed by atoms with Crippen LogP contribution in [0, 0.1) is 12.3 Å². The van der Waals surface area contributed by atoms with Crippen molar-refractivity contribution in [3.63, 3.8) is 0 Å². The summed E-state index contributed by atoms with van der Waals surface area (Å²) >= 11 is 0. The molecule has 0 aliphatic carbocycles. The Morgan fingerprint density at radius 3 is 2.62 bits per heavy atom. The molecule has 0 heterocycles. The molecule has 0 aromatic heterocycles. The molecule has 0 unspecified atom stereocenters. The first-order valence-electron chi connectivity index (χ1n) is 3.96. The zero-order valence-corrected chi connectivity index (χ0v) is 7.36. The Labute approximate surface area is 77.5 Å². The molecule has 0 amide bonds. The summed E-state index contributed by atoms with van der Waals surface area (Å²) in [4.78, 5) is 10.7. The zero-order valence-electron chi connectivity index (χ0n) is 7.36. The highest BCUT2D eigenvalue weighted by Crippen LogP contribution is 2.15. The molecule has 0 bridgehead atoms. The fourth-order valence-electron chi connectivity index (χ4n) is 0.987. The number of esters is 1. The normalized spacial score (nSPS) is 11.4. The highest BCUT2D eigenvalue weighted by atomic mass is 16.5. The van der Waals surface area contributed by atoms with Crippen LogP contribution < -0.4 is 0 Å². The Hall–Kier alpha value is -1.75. The van der Waals surface area contributed by atoms with E-state index in [9.17, 15) is 4.79 Å². The zero-order chi connectivity index (χ0) is 9.68. The third-order valence-corrected chi connectivity index (χ3v) is 1.67. The lowest BCUT2D eigenvalue weighted by Gasteiger charge is -2.10.